The highest BCUT2D eigenvalue weighted by atomic mass is 19.4. The minimum atomic E-state index is -5.17. The number of rotatable bonds is 8. The monoisotopic (exact) mass is 554 g/mol. The molecule has 0 aromatic carbocycles. The lowest BCUT2D eigenvalue weighted by Gasteiger charge is -2.37. The number of amides is 3. The van der Waals surface area contributed by atoms with E-state index in [1.165, 1.54) is 17.9 Å². The summed E-state index contributed by atoms with van der Waals surface area (Å²) >= 11 is 0. The fraction of sp³-hybridized carbons (Fsp3) is 0.630. The standard InChI is InChI=1S/C27H41F3N6O3/c1-17(31)15-21(33-19-11-8-7-9-12-19)36(25(39)27(28,29)30)16-20-13-10-14-35(20)24(38)22(26(3,4)5)34-23(37)18(2)32-6/h7-8,11,15,18,20,22,32H,9-10,12-14,16,31H2,1-6H3,(H,34,37)/t18-,20-,22+/m0/s1. The molecule has 3 atom stereocenters. The second-order valence-corrected chi connectivity index (χ2v) is 11.0. The maximum Gasteiger partial charge on any atom is 0.471 e. The number of carbonyl (C=O) groups excluding carboxylic acids is 3. The third kappa shape index (κ3) is 8.94. The molecule has 12 heteroatoms. The zero-order valence-electron chi connectivity index (χ0n) is 23.6. The summed E-state index contributed by atoms with van der Waals surface area (Å²) in [6.07, 6.45) is 3.49. The van der Waals surface area contributed by atoms with Crippen LogP contribution in [0.3, 0.4) is 0 Å². The fourth-order valence-corrected chi connectivity index (χ4v) is 4.38. The Morgan fingerprint density at radius 1 is 1.28 bits per heavy atom. The van der Waals surface area contributed by atoms with Crippen molar-refractivity contribution in [2.45, 2.75) is 84.6 Å². The van der Waals surface area contributed by atoms with Crippen molar-refractivity contribution in [2.75, 3.05) is 20.1 Å². The summed E-state index contributed by atoms with van der Waals surface area (Å²) < 4.78 is 41.4. The Morgan fingerprint density at radius 3 is 2.46 bits per heavy atom. The summed E-state index contributed by atoms with van der Waals surface area (Å²) in [6.45, 7) is 8.42. The van der Waals surface area contributed by atoms with E-state index in [9.17, 15) is 27.6 Å². The van der Waals surface area contributed by atoms with Crippen molar-refractivity contribution in [3.63, 3.8) is 0 Å². The summed E-state index contributed by atoms with van der Waals surface area (Å²) in [5, 5.41) is 5.62. The number of nitrogens with two attached hydrogens (primary N) is 1. The van der Waals surface area contributed by atoms with E-state index in [1.54, 1.807) is 46.9 Å². The first-order chi connectivity index (χ1) is 18.1. The fourth-order valence-electron chi connectivity index (χ4n) is 4.38. The number of carbonyl (C=O) groups is 3. The predicted molar refractivity (Wildman–Crippen MR) is 144 cm³/mol. The number of hydrogen-bond acceptors (Lipinski definition) is 6. The SMILES string of the molecule is CN[C@@H](C)C(=O)N[C@H](C(=O)N1CCC[C@H]1CN(C(=O)C(F)(F)F)C(C=C(C)N)=NC1=CC=CCC1)C(C)(C)C. The van der Waals surface area contributed by atoms with Crippen molar-refractivity contribution in [3.8, 4) is 0 Å². The van der Waals surface area contributed by atoms with Gasteiger partial charge >= 0.3 is 12.1 Å². The Morgan fingerprint density at radius 2 is 1.95 bits per heavy atom. The predicted octanol–water partition coefficient (Wildman–Crippen LogP) is 3.00. The topological polar surface area (TPSA) is 120 Å². The second-order valence-electron chi connectivity index (χ2n) is 11.0. The van der Waals surface area contributed by atoms with E-state index in [4.69, 9.17) is 5.73 Å². The molecule has 0 unspecified atom stereocenters. The third-order valence-electron chi connectivity index (χ3n) is 6.65. The van der Waals surface area contributed by atoms with Crippen molar-refractivity contribution < 1.29 is 27.6 Å². The molecule has 1 fully saturated rings. The highest BCUT2D eigenvalue weighted by molar-refractivity contribution is 6.06. The van der Waals surface area contributed by atoms with Crippen LogP contribution in [0.4, 0.5) is 13.2 Å². The molecule has 1 aliphatic carbocycles. The van der Waals surface area contributed by atoms with E-state index in [2.05, 4.69) is 15.6 Å². The van der Waals surface area contributed by atoms with Crippen LogP contribution in [0.25, 0.3) is 0 Å². The lowest BCUT2D eigenvalue weighted by molar-refractivity contribution is -0.181. The van der Waals surface area contributed by atoms with Crippen molar-refractivity contribution in [1.29, 1.82) is 0 Å². The van der Waals surface area contributed by atoms with Crippen LogP contribution in [0.2, 0.25) is 0 Å². The Bertz CT molecular complexity index is 1040. The van der Waals surface area contributed by atoms with Gasteiger partial charge in [0.25, 0.3) is 0 Å². The number of hydrogen-bond donors (Lipinski definition) is 3. The van der Waals surface area contributed by atoms with E-state index >= 15 is 0 Å². The molecule has 1 heterocycles. The molecule has 2 aliphatic rings. The molecule has 9 nitrogen and oxygen atoms in total. The van der Waals surface area contributed by atoms with Gasteiger partial charge in [-0.15, -0.1) is 0 Å². The Kier molecular flexibility index (Phi) is 10.9. The van der Waals surface area contributed by atoms with Crippen LogP contribution in [0.15, 0.2) is 40.7 Å². The Hall–Kier alpha value is -3.15. The molecule has 0 aromatic heterocycles. The van der Waals surface area contributed by atoms with E-state index in [-0.39, 0.29) is 24.0 Å². The average molecular weight is 555 g/mol. The van der Waals surface area contributed by atoms with Crippen LogP contribution < -0.4 is 16.4 Å². The average Bonchev–Trinajstić information content (AvgIpc) is 3.31. The van der Waals surface area contributed by atoms with Crippen molar-refractivity contribution in [2.24, 2.45) is 16.1 Å². The molecule has 2 rings (SSSR count). The van der Waals surface area contributed by atoms with Crippen molar-refractivity contribution >= 4 is 23.6 Å². The van der Waals surface area contributed by atoms with Gasteiger partial charge in [-0.1, -0.05) is 32.9 Å². The molecule has 39 heavy (non-hydrogen) atoms. The van der Waals surface area contributed by atoms with E-state index in [0.717, 1.165) is 0 Å². The van der Waals surface area contributed by atoms with E-state index in [1.807, 2.05) is 6.08 Å². The molecule has 1 saturated heterocycles. The molecule has 0 saturated carbocycles. The van der Waals surface area contributed by atoms with Gasteiger partial charge in [0.2, 0.25) is 11.8 Å². The van der Waals surface area contributed by atoms with Gasteiger partial charge < -0.3 is 21.3 Å². The molecule has 218 valence electrons. The number of nitrogens with zero attached hydrogens (tertiary/aromatic N) is 3. The normalized spacial score (nSPS) is 20.4. The minimum absolute atomic E-state index is 0.175. The highest BCUT2D eigenvalue weighted by Gasteiger charge is 2.46. The molecular formula is C27H41F3N6O3. The van der Waals surface area contributed by atoms with Crippen molar-refractivity contribution in [3.05, 3.63) is 35.7 Å². The van der Waals surface area contributed by atoms with E-state index < -0.39 is 48.1 Å². The van der Waals surface area contributed by atoms with Crippen LogP contribution in [0.1, 0.15) is 60.3 Å². The molecular weight excluding hydrogens is 513 g/mol. The first-order valence-corrected chi connectivity index (χ1v) is 13.1. The van der Waals surface area contributed by atoms with Gasteiger partial charge in [0.05, 0.1) is 6.04 Å². The Labute approximate surface area is 228 Å². The van der Waals surface area contributed by atoms with Crippen LogP contribution in [-0.2, 0) is 14.4 Å². The van der Waals surface area contributed by atoms with Gasteiger partial charge in [0.1, 0.15) is 11.9 Å². The van der Waals surface area contributed by atoms with Gasteiger partial charge in [-0.05, 0) is 64.1 Å². The molecule has 0 aromatic rings. The number of aliphatic imine (C=N–C) groups is 1. The van der Waals surface area contributed by atoms with Gasteiger partial charge in [-0.3, -0.25) is 19.3 Å². The lowest BCUT2D eigenvalue weighted by Crippen LogP contribution is -2.59. The number of halogens is 3. The Balaban J connectivity index is 2.46. The minimum Gasteiger partial charge on any atom is -0.402 e. The largest absolute Gasteiger partial charge is 0.471 e. The first-order valence-electron chi connectivity index (χ1n) is 13.1. The number of allylic oxidation sites excluding steroid dienone is 5. The number of likely N-dealkylation sites (N-methyl/N-ethyl adjacent to an activating group) is 1. The summed E-state index contributed by atoms with van der Waals surface area (Å²) in [5.74, 6) is -3.11. The molecule has 1 aliphatic heterocycles. The molecule has 4 N–H and O–H groups in total. The number of nitrogens with one attached hydrogen (secondary N) is 2. The second kappa shape index (κ2) is 13.3. The van der Waals surface area contributed by atoms with Crippen LogP contribution >= 0.6 is 0 Å². The summed E-state index contributed by atoms with van der Waals surface area (Å²) in [6, 6.07) is -2.19. The van der Waals surface area contributed by atoms with Gasteiger partial charge in [0.15, 0.2) is 0 Å². The quantitative estimate of drug-likeness (QED) is 0.315. The number of alkyl halides is 3. The first kappa shape index (κ1) is 32.1. The van der Waals surface area contributed by atoms with Crippen LogP contribution in [0, 0.1) is 5.41 Å². The van der Waals surface area contributed by atoms with Gasteiger partial charge in [-0.2, -0.15) is 13.2 Å². The smallest absolute Gasteiger partial charge is 0.402 e. The maximum atomic E-state index is 13.8. The maximum absolute atomic E-state index is 13.8. The molecule has 0 spiro atoms. The summed E-state index contributed by atoms with van der Waals surface area (Å²) in [4.78, 5) is 45.5. The van der Waals surface area contributed by atoms with Crippen LogP contribution in [-0.4, -0.2) is 77.8 Å². The highest BCUT2D eigenvalue weighted by Crippen LogP contribution is 2.28. The molecule has 3 amide bonds. The number of likely N-dealkylation sites (tertiary alicyclic amines) is 1. The molecule has 0 radical (unpaired) electrons. The number of amidine groups is 1. The van der Waals surface area contributed by atoms with E-state index in [0.29, 0.717) is 36.3 Å². The van der Waals surface area contributed by atoms with Crippen molar-refractivity contribution in [1.82, 2.24) is 20.4 Å². The van der Waals surface area contributed by atoms with Gasteiger partial charge in [0, 0.05) is 30.5 Å². The van der Waals surface area contributed by atoms with Crippen LogP contribution in [0.5, 0.6) is 0 Å². The zero-order valence-corrected chi connectivity index (χ0v) is 23.6. The summed E-state index contributed by atoms with van der Waals surface area (Å²) in [7, 11) is 1.62. The summed E-state index contributed by atoms with van der Waals surface area (Å²) in [5.41, 5.74) is 5.83. The molecule has 0 bridgehead atoms. The lowest BCUT2D eigenvalue weighted by atomic mass is 9.85. The third-order valence-corrected chi connectivity index (χ3v) is 6.65. The van der Waals surface area contributed by atoms with Gasteiger partial charge in [-0.25, -0.2) is 4.99 Å². The zero-order chi connectivity index (χ0) is 29.5.